The summed E-state index contributed by atoms with van der Waals surface area (Å²) in [6.07, 6.45) is 12.5. The fourth-order valence-electron chi connectivity index (χ4n) is 4.08. The number of rotatable bonds is 4. The molecule has 0 spiro atoms. The second kappa shape index (κ2) is 8.02. The summed E-state index contributed by atoms with van der Waals surface area (Å²) in [7, 11) is 0. The Morgan fingerprint density at radius 2 is 1.75 bits per heavy atom. The molecule has 0 aromatic carbocycles. The molecule has 3 heteroatoms. The zero-order chi connectivity index (χ0) is 14.4. The molecule has 116 valence electrons. The number of aliphatic carboxylic acids is 1. The van der Waals surface area contributed by atoms with Crippen molar-refractivity contribution in [2.24, 2.45) is 11.8 Å². The van der Waals surface area contributed by atoms with Crippen LogP contribution in [-0.2, 0) is 4.79 Å². The standard InChI is InChI=1S/C17H31NO2/c1-14(12-17(19)20)15-8-7-11-18(13-15)16-9-5-3-2-4-6-10-16/h14-16H,2-13H2,1H3,(H,19,20). The van der Waals surface area contributed by atoms with Crippen molar-refractivity contribution < 1.29 is 9.90 Å². The van der Waals surface area contributed by atoms with Crippen LogP contribution in [0.5, 0.6) is 0 Å². The highest BCUT2D eigenvalue weighted by Gasteiger charge is 2.29. The van der Waals surface area contributed by atoms with Crippen LogP contribution in [0.2, 0.25) is 0 Å². The minimum absolute atomic E-state index is 0.323. The van der Waals surface area contributed by atoms with Gasteiger partial charge in [-0.15, -0.1) is 0 Å². The molecule has 0 aromatic rings. The Morgan fingerprint density at radius 1 is 1.10 bits per heavy atom. The van der Waals surface area contributed by atoms with Gasteiger partial charge in [-0.1, -0.05) is 39.0 Å². The minimum Gasteiger partial charge on any atom is -0.481 e. The summed E-state index contributed by atoms with van der Waals surface area (Å²) in [4.78, 5) is 13.6. The van der Waals surface area contributed by atoms with Crippen LogP contribution in [-0.4, -0.2) is 35.1 Å². The first-order valence-electron chi connectivity index (χ1n) is 8.62. The average molecular weight is 281 g/mol. The molecule has 2 unspecified atom stereocenters. The summed E-state index contributed by atoms with van der Waals surface area (Å²) in [6.45, 7) is 4.50. The first kappa shape index (κ1) is 15.8. The maximum absolute atomic E-state index is 10.9. The molecule has 0 bridgehead atoms. The van der Waals surface area contributed by atoms with Crippen LogP contribution in [0.25, 0.3) is 0 Å². The van der Waals surface area contributed by atoms with E-state index in [0.29, 0.717) is 18.3 Å². The predicted molar refractivity (Wildman–Crippen MR) is 81.8 cm³/mol. The van der Waals surface area contributed by atoms with Gasteiger partial charge in [-0.3, -0.25) is 4.79 Å². The average Bonchev–Trinajstić information content (AvgIpc) is 2.37. The van der Waals surface area contributed by atoms with Crippen molar-refractivity contribution in [1.29, 1.82) is 0 Å². The fourth-order valence-corrected chi connectivity index (χ4v) is 4.08. The van der Waals surface area contributed by atoms with E-state index in [2.05, 4.69) is 11.8 Å². The topological polar surface area (TPSA) is 40.5 Å². The van der Waals surface area contributed by atoms with Crippen molar-refractivity contribution in [1.82, 2.24) is 4.90 Å². The maximum Gasteiger partial charge on any atom is 0.303 e. The Labute approximate surface area is 123 Å². The van der Waals surface area contributed by atoms with E-state index in [9.17, 15) is 4.79 Å². The molecule has 1 saturated heterocycles. The lowest BCUT2D eigenvalue weighted by Crippen LogP contribution is -2.44. The van der Waals surface area contributed by atoms with E-state index in [1.807, 2.05) is 0 Å². The van der Waals surface area contributed by atoms with Gasteiger partial charge in [-0.2, -0.15) is 0 Å². The molecule has 1 saturated carbocycles. The van der Waals surface area contributed by atoms with E-state index >= 15 is 0 Å². The Kier molecular flexibility index (Phi) is 6.34. The Hall–Kier alpha value is -0.570. The van der Waals surface area contributed by atoms with Gasteiger partial charge >= 0.3 is 5.97 Å². The lowest BCUT2D eigenvalue weighted by molar-refractivity contribution is -0.138. The first-order chi connectivity index (χ1) is 9.66. The van der Waals surface area contributed by atoms with Crippen molar-refractivity contribution in [3.8, 4) is 0 Å². The molecule has 0 radical (unpaired) electrons. The van der Waals surface area contributed by atoms with Crippen LogP contribution in [0.3, 0.4) is 0 Å². The fraction of sp³-hybridized carbons (Fsp3) is 0.941. The quantitative estimate of drug-likeness (QED) is 0.849. The van der Waals surface area contributed by atoms with E-state index in [1.165, 1.54) is 64.3 Å². The van der Waals surface area contributed by atoms with Gasteiger partial charge in [-0.25, -0.2) is 0 Å². The minimum atomic E-state index is -0.638. The van der Waals surface area contributed by atoms with Crippen LogP contribution in [0.1, 0.15) is 71.1 Å². The molecule has 3 nitrogen and oxygen atoms in total. The van der Waals surface area contributed by atoms with Crippen LogP contribution in [0.15, 0.2) is 0 Å². The van der Waals surface area contributed by atoms with Gasteiger partial charge in [0.1, 0.15) is 0 Å². The Morgan fingerprint density at radius 3 is 2.40 bits per heavy atom. The molecule has 0 aromatic heterocycles. The van der Waals surface area contributed by atoms with Crippen molar-refractivity contribution in [3.05, 3.63) is 0 Å². The SMILES string of the molecule is CC(CC(=O)O)C1CCCN(C2CCCCCCC2)C1. The van der Waals surface area contributed by atoms with Gasteiger partial charge in [0.2, 0.25) is 0 Å². The molecule has 2 atom stereocenters. The zero-order valence-corrected chi connectivity index (χ0v) is 13.0. The van der Waals surface area contributed by atoms with Gasteiger partial charge in [-0.05, 0) is 44.1 Å². The van der Waals surface area contributed by atoms with Gasteiger partial charge in [0.05, 0.1) is 0 Å². The third-order valence-electron chi connectivity index (χ3n) is 5.38. The predicted octanol–water partition coefficient (Wildman–Crippen LogP) is 3.92. The molecule has 2 rings (SSSR count). The number of likely N-dealkylation sites (tertiary alicyclic amines) is 1. The third kappa shape index (κ3) is 4.76. The lowest BCUT2D eigenvalue weighted by atomic mass is 9.83. The number of hydrogen-bond acceptors (Lipinski definition) is 2. The van der Waals surface area contributed by atoms with Gasteiger partial charge in [0, 0.05) is 19.0 Å². The van der Waals surface area contributed by atoms with Gasteiger partial charge < -0.3 is 10.0 Å². The molecule has 20 heavy (non-hydrogen) atoms. The van der Waals surface area contributed by atoms with Crippen molar-refractivity contribution in [3.63, 3.8) is 0 Å². The third-order valence-corrected chi connectivity index (χ3v) is 5.38. The summed E-state index contributed by atoms with van der Waals surface area (Å²) >= 11 is 0. The van der Waals surface area contributed by atoms with E-state index < -0.39 is 5.97 Å². The monoisotopic (exact) mass is 281 g/mol. The van der Waals surface area contributed by atoms with Gasteiger partial charge in [0.15, 0.2) is 0 Å². The smallest absolute Gasteiger partial charge is 0.303 e. The summed E-state index contributed by atoms with van der Waals surface area (Å²) in [5, 5.41) is 8.98. The number of carboxylic acid groups (broad SMARTS) is 1. The summed E-state index contributed by atoms with van der Waals surface area (Å²) in [5.74, 6) is 0.273. The molecular weight excluding hydrogens is 250 g/mol. The largest absolute Gasteiger partial charge is 0.481 e. The summed E-state index contributed by atoms with van der Waals surface area (Å²) in [6, 6.07) is 0.773. The summed E-state index contributed by atoms with van der Waals surface area (Å²) in [5.41, 5.74) is 0. The van der Waals surface area contributed by atoms with Crippen molar-refractivity contribution in [2.45, 2.75) is 77.2 Å². The normalized spacial score (nSPS) is 28.6. The van der Waals surface area contributed by atoms with Crippen LogP contribution >= 0.6 is 0 Å². The molecule has 1 N–H and O–H groups in total. The first-order valence-corrected chi connectivity index (χ1v) is 8.62. The Bertz CT molecular complexity index is 297. The van der Waals surface area contributed by atoms with E-state index in [0.717, 1.165) is 12.6 Å². The van der Waals surface area contributed by atoms with Crippen molar-refractivity contribution in [2.75, 3.05) is 13.1 Å². The highest BCUT2D eigenvalue weighted by Crippen LogP contribution is 2.30. The van der Waals surface area contributed by atoms with Gasteiger partial charge in [0.25, 0.3) is 0 Å². The lowest BCUT2D eigenvalue weighted by Gasteiger charge is -2.41. The van der Waals surface area contributed by atoms with Crippen LogP contribution in [0, 0.1) is 11.8 Å². The number of carbonyl (C=O) groups is 1. The highest BCUT2D eigenvalue weighted by molar-refractivity contribution is 5.67. The number of hydrogen-bond donors (Lipinski definition) is 1. The van der Waals surface area contributed by atoms with E-state index in [4.69, 9.17) is 5.11 Å². The molecule has 2 aliphatic rings. The second-order valence-electron chi connectivity index (χ2n) is 6.97. The number of piperidine rings is 1. The molecule has 2 fully saturated rings. The zero-order valence-electron chi connectivity index (χ0n) is 13.0. The maximum atomic E-state index is 10.9. The number of nitrogens with zero attached hydrogens (tertiary/aromatic N) is 1. The summed E-state index contributed by atoms with van der Waals surface area (Å²) < 4.78 is 0. The number of carboxylic acids is 1. The molecular formula is C17H31NO2. The van der Waals surface area contributed by atoms with E-state index in [1.54, 1.807) is 0 Å². The Balaban J connectivity index is 1.86. The molecule has 1 heterocycles. The molecule has 1 aliphatic carbocycles. The van der Waals surface area contributed by atoms with E-state index in [-0.39, 0.29) is 0 Å². The highest BCUT2D eigenvalue weighted by atomic mass is 16.4. The second-order valence-corrected chi connectivity index (χ2v) is 6.97. The van der Waals surface area contributed by atoms with Crippen LogP contribution < -0.4 is 0 Å². The molecule has 0 amide bonds. The van der Waals surface area contributed by atoms with Crippen LogP contribution in [0.4, 0.5) is 0 Å². The molecule has 1 aliphatic heterocycles. The van der Waals surface area contributed by atoms with Crippen molar-refractivity contribution >= 4 is 5.97 Å².